The molecule has 56 valence electrons. The molecule has 1 atom stereocenters. The molecule has 0 aliphatic carbocycles. The van der Waals surface area contributed by atoms with Crippen LogP contribution in [0.2, 0.25) is 0 Å². The van der Waals surface area contributed by atoms with Gasteiger partial charge in [-0.1, -0.05) is 6.58 Å². The van der Waals surface area contributed by atoms with Gasteiger partial charge in [0.2, 0.25) is 0 Å². The van der Waals surface area contributed by atoms with Gasteiger partial charge in [0.15, 0.2) is 18.2 Å². The Labute approximate surface area is 59.7 Å². The van der Waals surface area contributed by atoms with Crippen LogP contribution < -0.4 is 0 Å². The fraction of sp³-hybridized carbons (Fsp3) is 0.429. The van der Waals surface area contributed by atoms with Crippen LogP contribution in [0.25, 0.3) is 0 Å². The molecule has 0 aromatic heterocycles. The lowest BCUT2D eigenvalue weighted by Crippen LogP contribution is -2.23. The second kappa shape index (κ2) is 4.88. The largest absolute Gasteiger partial charge is 0.363 e. The van der Waals surface area contributed by atoms with Crippen LogP contribution in [0.5, 0.6) is 0 Å². The molecule has 0 radical (unpaired) electrons. The highest BCUT2D eigenvalue weighted by Gasteiger charge is 2.12. The van der Waals surface area contributed by atoms with Gasteiger partial charge < -0.3 is 4.74 Å². The summed E-state index contributed by atoms with van der Waals surface area (Å²) in [5.74, 6) is -0.392. The van der Waals surface area contributed by atoms with Crippen LogP contribution in [-0.2, 0) is 14.3 Å². The first-order chi connectivity index (χ1) is 4.76. The second-order valence-corrected chi connectivity index (χ2v) is 1.62. The molecule has 0 fully saturated rings. The minimum absolute atomic E-state index is 0.350. The van der Waals surface area contributed by atoms with Crippen LogP contribution in [0.4, 0.5) is 0 Å². The zero-order chi connectivity index (χ0) is 7.98. The van der Waals surface area contributed by atoms with Crippen molar-refractivity contribution in [1.29, 1.82) is 0 Å². The molecule has 0 aromatic rings. The maximum atomic E-state index is 10.7. The van der Waals surface area contributed by atoms with Crippen molar-refractivity contribution in [3.8, 4) is 0 Å². The summed E-state index contributed by atoms with van der Waals surface area (Å²) >= 11 is 0. The molecule has 0 saturated carbocycles. The SMILES string of the molecule is C=CC(=O)C(C=O)OCC. The van der Waals surface area contributed by atoms with E-state index < -0.39 is 11.9 Å². The Morgan fingerprint density at radius 1 is 1.80 bits per heavy atom. The predicted octanol–water partition coefficient (Wildman–Crippen LogP) is 0.345. The lowest BCUT2D eigenvalue weighted by atomic mass is 10.2. The van der Waals surface area contributed by atoms with Crippen LogP contribution in [0, 0.1) is 0 Å². The highest BCUT2D eigenvalue weighted by molar-refractivity contribution is 6.02. The third kappa shape index (κ3) is 2.55. The molecule has 0 rings (SSSR count). The van der Waals surface area contributed by atoms with E-state index in [-0.39, 0.29) is 0 Å². The Kier molecular flexibility index (Phi) is 4.41. The summed E-state index contributed by atoms with van der Waals surface area (Å²) in [6, 6.07) is 0. The number of ether oxygens (including phenoxy) is 1. The number of ketones is 1. The zero-order valence-corrected chi connectivity index (χ0v) is 5.87. The third-order valence-electron chi connectivity index (χ3n) is 0.951. The topological polar surface area (TPSA) is 43.4 Å². The standard InChI is InChI=1S/C7H10O3/c1-3-6(9)7(5-8)10-4-2/h3,5,7H,1,4H2,2H3. The molecular formula is C7H10O3. The van der Waals surface area contributed by atoms with Gasteiger partial charge in [0.25, 0.3) is 0 Å². The van der Waals surface area contributed by atoms with Crippen molar-refractivity contribution < 1.29 is 14.3 Å². The molecule has 1 unspecified atom stereocenters. The Balaban J connectivity index is 3.91. The number of carbonyl (C=O) groups excluding carboxylic acids is 2. The van der Waals surface area contributed by atoms with E-state index in [1.54, 1.807) is 6.92 Å². The Morgan fingerprint density at radius 3 is 2.70 bits per heavy atom. The average Bonchev–Trinajstić information content (AvgIpc) is 1.99. The number of carbonyl (C=O) groups is 2. The number of hydrogen-bond acceptors (Lipinski definition) is 3. The first-order valence-corrected chi connectivity index (χ1v) is 2.99. The summed E-state index contributed by atoms with van der Waals surface area (Å²) in [7, 11) is 0. The second-order valence-electron chi connectivity index (χ2n) is 1.62. The summed E-state index contributed by atoms with van der Waals surface area (Å²) < 4.78 is 4.75. The van der Waals surface area contributed by atoms with Crippen LogP contribution in [0.15, 0.2) is 12.7 Å². The third-order valence-corrected chi connectivity index (χ3v) is 0.951. The fourth-order valence-corrected chi connectivity index (χ4v) is 0.484. The zero-order valence-electron chi connectivity index (χ0n) is 5.87. The van der Waals surface area contributed by atoms with Crippen LogP contribution >= 0.6 is 0 Å². The Bertz CT molecular complexity index is 140. The predicted molar refractivity (Wildman–Crippen MR) is 36.7 cm³/mol. The quantitative estimate of drug-likeness (QED) is 0.316. The molecule has 0 aliphatic rings. The van der Waals surface area contributed by atoms with E-state index in [1.165, 1.54) is 0 Å². The molecule has 0 aliphatic heterocycles. The molecule has 0 bridgehead atoms. The minimum Gasteiger partial charge on any atom is -0.363 e. The van der Waals surface area contributed by atoms with Crippen molar-refractivity contribution in [3.63, 3.8) is 0 Å². The van der Waals surface area contributed by atoms with E-state index >= 15 is 0 Å². The van der Waals surface area contributed by atoms with E-state index in [4.69, 9.17) is 4.74 Å². The fourth-order valence-electron chi connectivity index (χ4n) is 0.484. The highest BCUT2D eigenvalue weighted by atomic mass is 16.5. The first kappa shape index (κ1) is 9.04. The van der Waals surface area contributed by atoms with Gasteiger partial charge in [-0.25, -0.2) is 0 Å². The van der Waals surface area contributed by atoms with E-state index in [0.29, 0.717) is 12.9 Å². The van der Waals surface area contributed by atoms with Crippen LogP contribution in [0.1, 0.15) is 6.92 Å². The molecule has 0 spiro atoms. The summed E-state index contributed by atoms with van der Waals surface area (Å²) in [6.07, 6.45) is 0.588. The molecule has 0 aromatic carbocycles. The maximum Gasteiger partial charge on any atom is 0.191 e. The molecule has 0 N–H and O–H groups in total. The van der Waals surface area contributed by atoms with Crippen molar-refractivity contribution in [1.82, 2.24) is 0 Å². The van der Waals surface area contributed by atoms with Crippen molar-refractivity contribution in [2.24, 2.45) is 0 Å². The van der Waals surface area contributed by atoms with E-state index in [2.05, 4.69) is 6.58 Å². The van der Waals surface area contributed by atoms with Gasteiger partial charge in [-0.15, -0.1) is 0 Å². The summed E-state index contributed by atoms with van der Waals surface area (Å²) in [5, 5.41) is 0. The van der Waals surface area contributed by atoms with E-state index in [9.17, 15) is 9.59 Å². The van der Waals surface area contributed by atoms with Crippen molar-refractivity contribution >= 4 is 12.1 Å². The lowest BCUT2D eigenvalue weighted by Gasteiger charge is -2.04. The average molecular weight is 142 g/mol. The monoisotopic (exact) mass is 142 g/mol. The first-order valence-electron chi connectivity index (χ1n) is 2.99. The summed E-state index contributed by atoms with van der Waals surface area (Å²) in [6.45, 7) is 5.29. The van der Waals surface area contributed by atoms with Gasteiger partial charge >= 0.3 is 0 Å². The molecule has 0 amide bonds. The van der Waals surface area contributed by atoms with Gasteiger partial charge in [-0.05, 0) is 13.0 Å². The highest BCUT2D eigenvalue weighted by Crippen LogP contribution is 1.90. The Hall–Kier alpha value is -0.960. The van der Waals surface area contributed by atoms with Gasteiger partial charge in [0, 0.05) is 6.61 Å². The molecule has 0 saturated heterocycles. The summed E-state index contributed by atoms with van der Waals surface area (Å²) in [5.41, 5.74) is 0. The van der Waals surface area contributed by atoms with E-state index in [1.807, 2.05) is 0 Å². The molecule has 0 heterocycles. The number of hydrogen-bond donors (Lipinski definition) is 0. The smallest absolute Gasteiger partial charge is 0.191 e. The molecule has 3 heteroatoms. The van der Waals surface area contributed by atoms with Crippen molar-refractivity contribution in [2.45, 2.75) is 13.0 Å². The van der Waals surface area contributed by atoms with Crippen LogP contribution in [0.3, 0.4) is 0 Å². The van der Waals surface area contributed by atoms with Crippen LogP contribution in [-0.4, -0.2) is 24.8 Å². The van der Waals surface area contributed by atoms with Crippen molar-refractivity contribution in [3.05, 3.63) is 12.7 Å². The Morgan fingerprint density at radius 2 is 2.40 bits per heavy atom. The van der Waals surface area contributed by atoms with Gasteiger partial charge in [0.05, 0.1) is 0 Å². The van der Waals surface area contributed by atoms with Gasteiger partial charge in [-0.2, -0.15) is 0 Å². The molecule has 3 nitrogen and oxygen atoms in total. The summed E-state index contributed by atoms with van der Waals surface area (Å²) in [4.78, 5) is 20.8. The maximum absolute atomic E-state index is 10.7. The lowest BCUT2D eigenvalue weighted by molar-refractivity contribution is -0.132. The molecule has 10 heavy (non-hydrogen) atoms. The number of aldehydes is 1. The van der Waals surface area contributed by atoms with Gasteiger partial charge in [-0.3, -0.25) is 9.59 Å². The minimum atomic E-state index is -0.956. The molecular weight excluding hydrogens is 132 g/mol. The van der Waals surface area contributed by atoms with Crippen molar-refractivity contribution in [2.75, 3.05) is 6.61 Å². The normalized spacial score (nSPS) is 12.1. The van der Waals surface area contributed by atoms with E-state index in [0.717, 1.165) is 6.08 Å². The number of rotatable bonds is 5. The van der Waals surface area contributed by atoms with Gasteiger partial charge in [0.1, 0.15) is 0 Å².